The van der Waals surface area contributed by atoms with Gasteiger partial charge in [0.1, 0.15) is 11.6 Å². The maximum absolute atomic E-state index is 12.5. The fourth-order valence-corrected chi connectivity index (χ4v) is 4.11. The molecule has 0 N–H and O–H groups in total. The van der Waals surface area contributed by atoms with Crippen LogP contribution in [0, 0.1) is 18.3 Å². The quantitative estimate of drug-likeness (QED) is 0.711. The number of rotatable bonds is 2. The highest BCUT2D eigenvalue weighted by atomic mass is 32.1. The largest absolute Gasteiger partial charge is 0.308 e. The second kappa shape index (κ2) is 5.42. The van der Waals surface area contributed by atoms with Gasteiger partial charge in [-0.15, -0.1) is 11.3 Å². The smallest absolute Gasteiger partial charge is 0.269 e. The first kappa shape index (κ1) is 14.8. The Morgan fingerprint density at radius 2 is 2.17 bits per heavy atom. The maximum Gasteiger partial charge on any atom is 0.269 e. The molecule has 7 heteroatoms. The molecular formula is C17H14N4O2S. The van der Waals surface area contributed by atoms with Crippen LogP contribution < -0.4 is 11.1 Å². The van der Waals surface area contributed by atoms with Crippen LogP contribution in [0.2, 0.25) is 0 Å². The Labute approximate surface area is 141 Å². The Hall–Kier alpha value is -2.72. The molecule has 0 amide bonds. The van der Waals surface area contributed by atoms with Crippen molar-refractivity contribution in [1.29, 1.82) is 5.26 Å². The standard InChI is InChI=1S/C17H14N4O2S/c1-10-7-21-15(22)5-12(19-17(21)24-10)9-20-8-11-3-2-4-13(11)14(6-18)16(20)23/h5,7-8H,2-4,9H2,1H3. The lowest BCUT2D eigenvalue weighted by atomic mass is 10.1. The van der Waals surface area contributed by atoms with Crippen LogP contribution in [0.1, 0.15) is 33.7 Å². The molecule has 0 radical (unpaired) electrons. The van der Waals surface area contributed by atoms with Crippen LogP contribution in [0.5, 0.6) is 0 Å². The number of thiazole rings is 1. The third-order valence-corrected chi connectivity index (χ3v) is 5.23. The van der Waals surface area contributed by atoms with Crippen LogP contribution in [0.15, 0.2) is 28.0 Å². The summed E-state index contributed by atoms with van der Waals surface area (Å²) in [6.45, 7) is 2.12. The van der Waals surface area contributed by atoms with Gasteiger partial charge < -0.3 is 4.57 Å². The number of nitriles is 1. The van der Waals surface area contributed by atoms with Crippen molar-refractivity contribution in [1.82, 2.24) is 14.0 Å². The summed E-state index contributed by atoms with van der Waals surface area (Å²) in [4.78, 5) is 30.8. The molecule has 0 fully saturated rings. The summed E-state index contributed by atoms with van der Waals surface area (Å²) in [5.74, 6) is 0. The molecular weight excluding hydrogens is 324 g/mol. The summed E-state index contributed by atoms with van der Waals surface area (Å²) < 4.78 is 3.01. The van der Waals surface area contributed by atoms with Crippen LogP contribution in [-0.2, 0) is 19.4 Å². The first-order valence-electron chi connectivity index (χ1n) is 7.71. The molecule has 120 valence electrons. The molecule has 0 aromatic carbocycles. The van der Waals surface area contributed by atoms with Gasteiger partial charge in [-0.3, -0.25) is 14.0 Å². The van der Waals surface area contributed by atoms with Crippen molar-refractivity contribution in [2.24, 2.45) is 0 Å². The molecule has 0 atom stereocenters. The monoisotopic (exact) mass is 338 g/mol. The van der Waals surface area contributed by atoms with Crippen molar-refractivity contribution >= 4 is 16.3 Å². The van der Waals surface area contributed by atoms with Crippen molar-refractivity contribution in [3.63, 3.8) is 0 Å². The zero-order valence-electron chi connectivity index (χ0n) is 13.1. The van der Waals surface area contributed by atoms with Crippen LogP contribution in [0.25, 0.3) is 4.96 Å². The Morgan fingerprint density at radius 3 is 2.96 bits per heavy atom. The highest BCUT2D eigenvalue weighted by molar-refractivity contribution is 7.16. The van der Waals surface area contributed by atoms with E-state index in [1.165, 1.54) is 26.4 Å². The van der Waals surface area contributed by atoms with Crippen LogP contribution in [-0.4, -0.2) is 14.0 Å². The van der Waals surface area contributed by atoms with E-state index in [9.17, 15) is 14.9 Å². The lowest BCUT2D eigenvalue weighted by Crippen LogP contribution is -2.26. The number of pyridine rings is 1. The summed E-state index contributed by atoms with van der Waals surface area (Å²) in [6.07, 6.45) is 6.20. The van der Waals surface area contributed by atoms with Crippen molar-refractivity contribution in [3.8, 4) is 6.07 Å². The van der Waals surface area contributed by atoms with E-state index >= 15 is 0 Å². The Balaban J connectivity index is 1.83. The van der Waals surface area contributed by atoms with E-state index < -0.39 is 0 Å². The van der Waals surface area contributed by atoms with Crippen molar-refractivity contribution in [2.45, 2.75) is 32.7 Å². The fourth-order valence-electron chi connectivity index (χ4n) is 3.26. The summed E-state index contributed by atoms with van der Waals surface area (Å²) in [5, 5.41) is 9.33. The van der Waals surface area contributed by atoms with E-state index in [1.807, 2.05) is 19.2 Å². The maximum atomic E-state index is 12.5. The molecule has 24 heavy (non-hydrogen) atoms. The van der Waals surface area contributed by atoms with E-state index in [0.717, 1.165) is 35.3 Å². The minimum atomic E-state index is -0.303. The number of hydrogen-bond acceptors (Lipinski definition) is 5. The fraction of sp³-hybridized carbons (Fsp3) is 0.294. The normalized spacial score (nSPS) is 13.2. The lowest BCUT2D eigenvalue weighted by molar-refractivity contribution is 0.727. The molecule has 0 bridgehead atoms. The van der Waals surface area contributed by atoms with E-state index in [2.05, 4.69) is 4.98 Å². The number of aryl methyl sites for hydroxylation is 2. The Bertz CT molecular complexity index is 1130. The summed E-state index contributed by atoms with van der Waals surface area (Å²) in [7, 11) is 0. The second-order valence-electron chi connectivity index (χ2n) is 5.99. The third-order valence-electron chi connectivity index (χ3n) is 4.33. The van der Waals surface area contributed by atoms with Crippen molar-refractivity contribution in [3.05, 3.63) is 66.4 Å². The molecule has 0 unspecified atom stereocenters. The zero-order valence-corrected chi connectivity index (χ0v) is 13.9. The first-order chi connectivity index (χ1) is 11.6. The van der Waals surface area contributed by atoms with Crippen LogP contribution >= 0.6 is 11.3 Å². The average molecular weight is 338 g/mol. The van der Waals surface area contributed by atoms with Gasteiger partial charge in [0, 0.05) is 23.3 Å². The lowest BCUT2D eigenvalue weighted by Gasteiger charge is -2.09. The van der Waals surface area contributed by atoms with Gasteiger partial charge in [-0.1, -0.05) is 0 Å². The molecule has 0 spiro atoms. The molecule has 4 rings (SSSR count). The molecule has 0 saturated carbocycles. The minimum Gasteiger partial charge on any atom is -0.308 e. The summed E-state index contributed by atoms with van der Waals surface area (Å²) in [5.41, 5.74) is 2.24. The van der Waals surface area contributed by atoms with Crippen LogP contribution in [0.3, 0.4) is 0 Å². The highest BCUT2D eigenvalue weighted by Gasteiger charge is 2.20. The minimum absolute atomic E-state index is 0.158. The molecule has 3 aromatic rings. The molecule has 3 aromatic heterocycles. The van der Waals surface area contributed by atoms with Gasteiger partial charge in [0.2, 0.25) is 0 Å². The molecule has 1 aliphatic carbocycles. The van der Waals surface area contributed by atoms with Crippen molar-refractivity contribution in [2.75, 3.05) is 0 Å². The Morgan fingerprint density at radius 1 is 1.33 bits per heavy atom. The van der Waals surface area contributed by atoms with E-state index in [0.29, 0.717) is 10.7 Å². The first-order valence-corrected chi connectivity index (χ1v) is 8.52. The molecule has 0 saturated heterocycles. The van der Waals surface area contributed by atoms with Crippen LogP contribution in [0.4, 0.5) is 0 Å². The van der Waals surface area contributed by atoms with Gasteiger partial charge in [-0.05, 0) is 37.3 Å². The Kier molecular flexibility index (Phi) is 3.36. The average Bonchev–Trinajstić information content (AvgIpc) is 3.14. The summed E-state index contributed by atoms with van der Waals surface area (Å²) in [6, 6.07) is 3.50. The molecule has 6 nitrogen and oxygen atoms in total. The van der Waals surface area contributed by atoms with E-state index in [-0.39, 0.29) is 23.2 Å². The van der Waals surface area contributed by atoms with Gasteiger partial charge in [0.05, 0.1) is 12.2 Å². The predicted octanol–water partition coefficient (Wildman–Crippen LogP) is 1.63. The number of aromatic nitrogens is 3. The molecule has 3 heterocycles. The van der Waals surface area contributed by atoms with Gasteiger partial charge in [0.15, 0.2) is 4.96 Å². The molecule has 1 aliphatic rings. The number of fused-ring (bicyclic) bond motifs is 2. The topological polar surface area (TPSA) is 80.2 Å². The number of hydrogen-bond donors (Lipinski definition) is 0. The molecule has 0 aliphatic heterocycles. The van der Waals surface area contributed by atoms with Gasteiger partial charge in [-0.2, -0.15) is 5.26 Å². The van der Waals surface area contributed by atoms with Crippen molar-refractivity contribution < 1.29 is 0 Å². The van der Waals surface area contributed by atoms with Gasteiger partial charge >= 0.3 is 0 Å². The zero-order chi connectivity index (χ0) is 16.8. The van der Waals surface area contributed by atoms with Gasteiger partial charge in [-0.25, -0.2) is 4.98 Å². The van der Waals surface area contributed by atoms with E-state index in [1.54, 1.807) is 6.20 Å². The summed E-state index contributed by atoms with van der Waals surface area (Å²) >= 11 is 1.44. The SMILES string of the molecule is Cc1cn2c(=O)cc(Cn3cc4c(c(C#N)c3=O)CCC4)nc2s1. The van der Waals surface area contributed by atoms with Gasteiger partial charge in [0.25, 0.3) is 11.1 Å². The predicted molar refractivity (Wildman–Crippen MR) is 90.6 cm³/mol. The second-order valence-corrected chi connectivity index (χ2v) is 7.20. The van der Waals surface area contributed by atoms with E-state index in [4.69, 9.17) is 0 Å². The third kappa shape index (κ3) is 2.27. The number of nitrogens with zero attached hydrogens (tertiary/aromatic N) is 4. The highest BCUT2D eigenvalue weighted by Crippen LogP contribution is 2.23.